The minimum absolute atomic E-state index is 0.0162. The molecule has 0 radical (unpaired) electrons. The van der Waals surface area contributed by atoms with Gasteiger partial charge in [-0.3, -0.25) is 9.59 Å². The fourth-order valence-electron chi connectivity index (χ4n) is 3.18. The summed E-state index contributed by atoms with van der Waals surface area (Å²) in [6, 6.07) is -0.194. The first-order valence-electron chi connectivity index (χ1n) is 8.55. The highest BCUT2D eigenvalue weighted by Gasteiger charge is 2.34. The Morgan fingerprint density at radius 2 is 1.91 bits per heavy atom. The molecule has 2 heterocycles. The van der Waals surface area contributed by atoms with E-state index in [4.69, 9.17) is 9.47 Å². The number of aliphatic hydroxyl groups excluding tert-OH is 1. The molecule has 7 heteroatoms. The van der Waals surface area contributed by atoms with Gasteiger partial charge in [0.1, 0.15) is 6.10 Å². The van der Waals surface area contributed by atoms with Gasteiger partial charge in [0.15, 0.2) is 0 Å². The van der Waals surface area contributed by atoms with Crippen LogP contribution in [0.15, 0.2) is 0 Å². The van der Waals surface area contributed by atoms with E-state index in [-0.39, 0.29) is 36.5 Å². The van der Waals surface area contributed by atoms with Crippen LogP contribution < -0.4 is 10.6 Å². The number of amides is 2. The molecule has 0 unspecified atom stereocenters. The highest BCUT2D eigenvalue weighted by molar-refractivity contribution is 5.79. The third kappa shape index (κ3) is 5.44. The number of carbonyl (C=O) groups is 2. The molecule has 2 aliphatic rings. The second kappa shape index (κ2) is 9.20. The Kier molecular flexibility index (Phi) is 7.26. The lowest BCUT2D eigenvalue weighted by atomic mass is 9.94. The number of nitrogens with one attached hydrogen (secondary N) is 2. The van der Waals surface area contributed by atoms with Gasteiger partial charge in [0.05, 0.1) is 25.2 Å². The fourth-order valence-corrected chi connectivity index (χ4v) is 3.18. The van der Waals surface area contributed by atoms with Crippen molar-refractivity contribution in [3.63, 3.8) is 0 Å². The normalized spacial score (nSPS) is 29.0. The van der Waals surface area contributed by atoms with Gasteiger partial charge < -0.3 is 25.2 Å². The summed E-state index contributed by atoms with van der Waals surface area (Å²) in [5.41, 5.74) is 0. The Balaban J connectivity index is 1.81. The van der Waals surface area contributed by atoms with Crippen LogP contribution in [0.3, 0.4) is 0 Å². The van der Waals surface area contributed by atoms with Crippen LogP contribution in [0.25, 0.3) is 0 Å². The fraction of sp³-hybridized carbons (Fsp3) is 0.875. The smallest absolute Gasteiger partial charge is 0.223 e. The molecule has 0 bridgehead atoms. The van der Waals surface area contributed by atoms with Crippen molar-refractivity contribution in [3.8, 4) is 0 Å². The van der Waals surface area contributed by atoms with Crippen LogP contribution in [0.4, 0.5) is 0 Å². The predicted molar refractivity (Wildman–Crippen MR) is 83.8 cm³/mol. The SMILES string of the molecule is CCNC(=O)C[C@H]1CC[C@@H](NC(=O)C2CCOCC2)[C@@H](CO)O1. The van der Waals surface area contributed by atoms with E-state index in [0.29, 0.717) is 39.0 Å². The van der Waals surface area contributed by atoms with Crippen LogP contribution >= 0.6 is 0 Å². The third-order valence-electron chi connectivity index (χ3n) is 4.50. The zero-order valence-corrected chi connectivity index (χ0v) is 13.8. The molecule has 0 aromatic heterocycles. The molecule has 0 aliphatic carbocycles. The lowest BCUT2D eigenvalue weighted by Gasteiger charge is -2.36. The quantitative estimate of drug-likeness (QED) is 0.636. The lowest BCUT2D eigenvalue weighted by Crippen LogP contribution is -2.53. The number of rotatable bonds is 6. The summed E-state index contributed by atoms with van der Waals surface area (Å²) in [4.78, 5) is 23.9. The summed E-state index contributed by atoms with van der Waals surface area (Å²) in [5.74, 6) is -0.0439. The second-order valence-electron chi connectivity index (χ2n) is 6.22. The molecule has 0 spiro atoms. The van der Waals surface area contributed by atoms with Crippen LogP contribution in [0.5, 0.6) is 0 Å². The van der Waals surface area contributed by atoms with E-state index in [1.807, 2.05) is 6.92 Å². The number of carbonyl (C=O) groups excluding carboxylic acids is 2. The van der Waals surface area contributed by atoms with Crippen LogP contribution in [0, 0.1) is 5.92 Å². The first-order valence-corrected chi connectivity index (χ1v) is 8.55. The van der Waals surface area contributed by atoms with Gasteiger partial charge in [-0.25, -0.2) is 0 Å². The molecular formula is C16H28N2O5. The number of aliphatic hydroxyl groups is 1. The van der Waals surface area contributed by atoms with Crippen molar-refractivity contribution in [1.82, 2.24) is 10.6 Å². The molecule has 0 aromatic rings. The average Bonchev–Trinajstić information content (AvgIpc) is 2.57. The molecular weight excluding hydrogens is 300 g/mol. The Bertz CT molecular complexity index is 398. The zero-order chi connectivity index (χ0) is 16.7. The van der Waals surface area contributed by atoms with E-state index >= 15 is 0 Å². The standard InChI is InChI=1S/C16H28N2O5/c1-2-17-15(20)9-12-3-4-13(14(10-19)23-12)18-16(21)11-5-7-22-8-6-11/h11-14,19H,2-10H2,1H3,(H,17,20)(H,18,21)/t12-,13-,14-/m1/s1. The predicted octanol–water partition coefficient (Wildman–Crippen LogP) is -0.0361. The number of hydrogen-bond acceptors (Lipinski definition) is 5. The summed E-state index contributed by atoms with van der Waals surface area (Å²) in [6.07, 6.45) is 2.54. The first-order chi connectivity index (χ1) is 11.1. The van der Waals surface area contributed by atoms with Gasteiger partial charge in [0, 0.05) is 25.7 Å². The van der Waals surface area contributed by atoms with Crippen molar-refractivity contribution in [2.24, 2.45) is 5.92 Å². The van der Waals surface area contributed by atoms with Crippen molar-refractivity contribution < 1.29 is 24.2 Å². The van der Waals surface area contributed by atoms with Gasteiger partial charge in [0.2, 0.25) is 11.8 Å². The molecule has 132 valence electrons. The van der Waals surface area contributed by atoms with Gasteiger partial charge >= 0.3 is 0 Å². The number of ether oxygens (including phenoxy) is 2. The lowest BCUT2D eigenvalue weighted by molar-refractivity contribution is -0.138. The first kappa shape index (κ1) is 18.2. The molecule has 23 heavy (non-hydrogen) atoms. The molecule has 2 amide bonds. The van der Waals surface area contributed by atoms with Gasteiger partial charge in [0.25, 0.3) is 0 Å². The Morgan fingerprint density at radius 3 is 2.57 bits per heavy atom. The second-order valence-corrected chi connectivity index (χ2v) is 6.22. The maximum absolute atomic E-state index is 12.3. The monoisotopic (exact) mass is 328 g/mol. The molecule has 2 aliphatic heterocycles. The third-order valence-corrected chi connectivity index (χ3v) is 4.50. The Hall–Kier alpha value is -1.18. The van der Waals surface area contributed by atoms with Crippen molar-refractivity contribution in [2.45, 2.75) is 57.3 Å². The highest BCUT2D eigenvalue weighted by Crippen LogP contribution is 2.23. The van der Waals surface area contributed by atoms with E-state index in [1.54, 1.807) is 0 Å². The van der Waals surface area contributed by atoms with Crippen LogP contribution in [0.2, 0.25) is 0 Å². The summed E-state index contributed by atoms with van der Waals surface area (Å²) >= 11 is 0. The summed E-state index contributed by atoms with van der Waals surface area (Å²) in [5, 5.41) is 15.3. The summed E-state index contributed by atoms with van der Waals surface area (Å²) in [7, 11) is 0. The van der Waals surface area contributed by atoms with Crippen molar-refractivity contribution in [2.75, 3.05) is 26.4 Å². The van der Waals surface area contributed by atoms with Crippen LogP contribution in [-0.2, 0) is 19.1 Å². The molecule has 7 nitrogen and oxygen atoms in total. The summed E-state index contributed by atoms with van der Waals surface area (Å²) < 4.78 is 11.1. The zero-order valence-electron chi connectivity index (χ0n) is 13.8. The topological polar surface area (TPSA) is 96.9 Å². The van der Waals surface area contributed by atoms with Gasteiger partial charge in [-0.05, 0) is 32.6 Å². The van der Waals surface area contributed by atoms with Gasteiger partial charge in [-0.15, -0.1) is 0 Å². The van der Waals surface area contributed by atoms with Crippen LogP contribution in [-0.4, -0.2) is 61.5 Å². The van der Waals surface area contributed by atoms with Gasteiger partial charge in [-0.1, -0.05) is 0 Å². The molecule has 2 rings (SSSR count). The van der Waals surface area contributed by atoms with Crippen LogP contribution in [0.1, 0.15) is 39.0 Å². The Labute approximate surface area is 137 Å². The largest absolute Gasteiger partial charge is 0.394 e. The van der Waals surface area contributed by atoms with Crippen molar-refractivity contribution >= 4 is 11.8 Å². The number of hydrogen-bond donors (Lipinski definition) is 3. The molecule has 3 N–H and O–H groups in total. The minimum Gasteiger partial charge on any atom is -0.394 e. The van der Waals surface area contributed by atoms with E-state index in [0.717, 1.165) is 12.8 Å². The summed E-state index contributed by atoms with van der Waals surface area (Å²) in [6.45, 7) is 3.55. The van der Waals surface area contributed by atoms with E-state index in [2.05, 4.69) is 10.6 Å². The molecule has 2 fully saturated rings. The van der Waals surface area contributed by atoms with Gasteiger partial charge in [-0.2, -0.15) is 0 Å². The minimum atomic E-state index is -0.452. The molecule has 2 saturated heterocycles. The molecule has 0 saturated carbocycles. The molecule has 3 atom stereocenters. The van der Waals surface area contributed by atoms with E-state index in [9.17, 15) is 14.7 Å². The maximum atomic E-state index is 12.3. The van der Waals surface area contributed by atoms with E-state index in [1.165, 1.54) is 0 Å². The molecule has 0 aromatic carbocycles. The maximum Gasteiger partial charge on any atom is 0.223 e. The van der Waals surface area contributed by atoms with Crippen molar-refractivity contribution in [3.05, 3.63) is 0 Å². The van der Waals surface area contributed by atoms with E-state index < -0.39 is 6.10 Å². The average molecular weight is 328 g/mol. The van der Waals surface area contributed by atoms with Crippen molar-refractivity contribution in [1.29, 1.82) is 0 Å². The highest BCUT2D eigenvalue weighted by atomic mass is 16.5. The Morgan fingerprint density at radius 1 is 1.17 bits per heavy atom.